The summed E-state index contributed by atoms with van der Waals surface area (Å²) in [6, 6.07) is 0. The van der Waals surface area contributed by atoms with Gasteiger partial charge in [-0.25, -0.2) is 14.8 Å². The second kappa shape index (κ2) is 5.97. The average molecular weight is 265 g/mol. The molecule has 0 spiro atoms. The number of aromatic nitrogens is 2. The molecule has 1 aromatic heterocycles. The summed E-state index contributed by atoms with van der Waals surface area (Å²) in [5.74, 6) is -0.472. The minimum atomic E-state index is -1.04. The number of hydrogen-bond donors (Lipinski definition) is 2. The normalized spacial score (nSPS) is 23.1. The van der Waals surface area contributed by atoms with Crippen LogP contribution in [0, 0.1) is 6.92 Å². The van der Waals surface area contributed by atoms with Crippen molar-refractivity contribution in [3.8, 4) is 0 Å². The molecule has 0 radical (unpaired) electrons. The summed E-state index contributed by atoms with van der Waals surface area (Å²) < 4.78 is 5.80. The van der Waals surface area contributed by atoms with Crippen LogP contribution in [-0.2, 0) is 4.74 Å². The van der Waals surface area contributed by atoms with E-state index in [1.165, 1.54) is 6.33 Å². The van der Waals surface area contributed by atoms with Gasteiger partial charge in [-0.1, -0.05) is 0 Å². The van der Waals surface area contributed by atoms with Crippen LogP contribution in [0.5, 0.6) is 0 Å². The van der Waals surface area contributed by atoms with Crippen LogP contribution in [0.4, 0.5) is 5.82 Å². The van der Waals surface area contributed by atoms with E-state index in [9.17, 15) is 4.79 Å². The fourth-order valence-corrected chi connectivity index (χ4v) is 2.30. The van der Waals surface area contributed by atoms with Gasteiger partial charge in [-0.05, 0) is 33.1 Å². The highest BCUT2D eigenvalue weighted by Crippen LogP contribution is 2.20. The van der Waals surface area contributed by atoms with Gasteiger partial charge in [0.25, 0.3) is 0 Å². The van der Waals surface area contributed by atoms with Crippen LogP contribution in [0.25, 0.3) is 0 Å². The Balaban J connectivity index is 1.99. The number of carboxylic acid groups (broad SMARTS) is 1. The summed E-state index contributed by atoms with van der Waals surface area (Å²) in [6.07, 6.45) is 5.01. The largest absolute Gasteiger partial charge is 0.476 e. The second-order valence-corrected chi connectivity index (χ2v) is 4.88. The van der Waals surface area contributed by atoms with E-state index < -0.39 is 5.97 Å². The Kier molecular flexibility index (Phi) is 4.31. The molecule has 0 unspecified atom stereocenters. The molecule has 0 bridgehead atoms. The average Bonchev–Trinajstić information content (AvgIpc) is 2.37. The Morgan fingerprint density at radius 3 is 3.00 bits per heavy atom. The molecule has 0 saturated carbocycles. The topological polar surface area (TPSA) is 84.3 Å². The standard InChI is InChI=1S/C13H19N3O3/c1-8-4-3-5-10(19-8)6-14-12-9(2)11(13(17)18)15-7-16-12/h7-8,10H,3-6H2,1-2H3,(H,17,18)(H,14,15,16)/t8-,10-/m1/s1. The number of carboxylic acids is 1. The molecule has 1 fully saturated rings. The van der Waals surface area contributed by atoms with Crippen molar-refractivity contribution in [3.05, 3.63) is 17.6 Å². The van der Waals surface area contributed by atoms with E-state index in [2.05, 4.69) is 22.2 Å². The molecular formula is C13H19N3O3. The first-order chi connectivity index (χ1) is 9.08. The van der Waals surface area contributed by atoms with Gasteiger partial charge in [-0.3, -0.25) is 0 Å². The molecule has 2 atom stereocenters. The van der Waals surface area contributed by atoms with Crippen LogP contribution < -0.4 is 5.32 Å². The van der Waals surface area contributed by atoms with Crippen LogP contribution in [0.15, 0.2) is 6.33 Å². The van der Waals surface area contributed by atoms with E-state index in [1.54, 1.807) is 6.92 Å². The van der Waals surface area contributed by atoms with Gasteiger partial charge < -0.3 is 15.2 Å². The van der Waals surface area contributed by atoms with Crippen molar-refractivity contribution in [3.63, 3.8) is 0 Å². The van der Waals surface area contributed by atoms with Crippen molar-refractivity contribution in [2.45, 2.75) is 45.3 Å². The third-order valence-corrected chi connectivity index (χ3v) is 3.35. The number of carbonyl (C=O) groups is 1. The summed E-state index contributed by atoms with van der Waals surface area (Å²) >= 11 is 0. The molecule has 6 nitrogen and oxygen atoms in total. The van der Waals surface area contributed by atoms with Crippen molar-refractivity contribution < 1.29 is 14.6 Å². The predicted octanol–water partition coefficient (Wildman–Crippen LogP) is 1.85. The van der Waals surface area contributed by atoms with Gasteiger partial charge in [0.15, 0.2) is 5.69 Å². The van der Waals surface area contributed by atoms with Gasteiger partial charge in [0.05, 0.1) is 12.2 Å². The monoisotopic (exact) mass is 265 g/mol. The molecule has 1 aromatic rings. The Labute approximate surface area is 112 Å². The van der Waals surface area contributed by atoms with Gasteiger partial charge in [0.2, 0.25) is 0 Å². The minimum absolute atomic E-state index is 0.0374. The van der Waals surface area contributed by atoms with Crippen LogP contribution >= 0.6 is 0 Å². The number of rotatable bonds is 4. The first-order valence-electron chi connectivity index (χ1n) is 6.52. The summed E-state index contributed by atoms with van der Waals surface area (Å²) in [6.45, 7) is 4.42. The SMILES string of the molecule is Cc1c(NC[C@H]2CCC[C@@H](C)O2)ncnc1C(=O)O. The molecule has 2 N–H and O–H groups in total. The van der Waals surface area contributed by atoms with Crippen molar-refractivity contribution >= 4 is 11.8 Å². The third kappa shape index (κ3) is 3.41. The first kappa shape index (κ1) is 13.7. The molecule has 6 heteroatoms. The third-order valence-electron chi connectivity index (χ3n) is 3.35. The predicted molar refractivity (Wildman–Crippen MR) is 70.4 cm³/mol. The van der Waals surface area contributed by atoms with E-state index >= 15 is 0 Å². The number of hydrogen-bond acceptors (Lipinski definition) is 5. The number of nitrogens with zero attached hydrogens (tertiary/aromatic N) is 2. The molecule has 1 aliphatic rings. The van der Waals surface area contributed by atoms with Gasteiger partial charge in [0.1, 0.15) is 12.1 Å². The number of aromatic carboxylic acids is 1. The lowest BCUT2D eigenvalue weighted by Crippen LogP contribution is -2.31. The summed E-state index contributed by atoms with van der Waals surface area (Å²) in [4.78, 5) is 18.8. The molecule has 2 rings (SSSR count). The molecule has 0 amide bonds. The molecule has 2 heterocycles. The Bertz CT molecular complexity index is 464. The zero-order chi connectivity index (χ0) is 13.8. The first-order valence-corrected chi connectivity index (χ1v) is 6.52. The van der Waals surface area contributed by atoms with E-state index in [0.29, 0.717) is 24.0 Å². The molecule has 1 aliphatic heterocycles. The minimum Gasteiger partial charge on any atom is -0.476 e. The maximum atomic E-state index is 11.0. The van der Waals surface area contributed by atoms with Crippen LogP contribution in [0.3, 0.4) is 0 Å². The van der Waals surface area contributed by atoms with Gasteiger partial charge >= 0.3 is 5.97 Å². The molecule has 104 valence electrons. The smallest absolute Gasteiger partial charge is 0.354 e. The molecule has 0 aromatic carbocycles. The fourth-order valence-electron chi connectivity index (χ4n) is 2.30. The van der Waals surface area contributed by atoms with Crippen molar-refractivity contribution in [1.29, 1.82) is 0 Å². The zero-order valence-electron chi connectivity index (χ0n) is 11.2. The van der Waals surface area contributed by atoms with E-state index in [-0.39, 0.29) is 11.8 Å². The fraction of sp³-hybridized carbons (Fsp3) is 0.615. The van der Waals surface area contributed by atoms with Gasteiger partial charge in [0, 0.05) is 12.1 Å². The van der Waals surface area contributed by atoms with Crippen molar-refractivity contribution in [2.75, 3.05) is 11.9 Å². The quantitative estimate of drug-likeness (QED) is 0.864. The lowest BCUT2D eigenvalue weighted by molar-refractivity contribution is -0.0321. The van der Waals surface area contributed by atoms with E-state index in [1.807, 2.05) is 0 Å². The summed E-state index contributed by atoms with van der Waals surface area (Å²) in [5, 5.41) is 12.2. The maximum absolute atomic E-state index is 11.0. The van der Waals surface area contributed by atoms with Crippen LogP contribution in [0.2, 0.25) is 0 Å². The molecule has 0 aliphatic carbocycles. The summed E-state index contributed by atoms with van der Waals surface area (Å²) in [7, 11) is 0. The zero-order valence-corrected chi connectivity index (χ0v) is 11.2. The highest BCUT2D eigenvalue weighted by Gasteiger charge is 2.20. The highest BCUT2D eigenvalue weighted by atomic mass is 16.5. The van der Waals surface area contributed by atoms with Crippen LogP contribution in [0.1, 0.15) is 42.2 Å². The Morgan fingerprint density at radius 2 is 2.32 bits per heavy atom. The lowest BCUT2D eigenvalue weighted by atomic mass is 10.0. The lowest BCUT2D eigenvalue weighted by Gasteiger charge is -2.28. The molecule has 19 heavy (non-hydrogen) atoms. The number of ether oxygens (including phenoxy) is 1. The highest BCUT2D eigenvalue weighted by molar-refractivity contribution is 5.88. The van der Waals surface area contributed by atoms with E-state index in [4.69, 9.17) is 9.84 Å². The van der Waals surface area contributed by atoms with Gasteiger partial charge in [-0.15, -0.1) is 0 Å². The van der Waals surface area contributed by atoms with Crippen molar-refractivity contribution in [1.82, 2.24) is 9.97 Å². The molecular weight excluding hydrogens is 246 g/mol. The number of anilines is 1. The summed E-state index contributed by atoms with van der Waals surface area (Å²) in [5.41, 5.74) is 0.592. The molecule has 1 saturated heterocycles. The maximum Gasteiger partial charge on any atom is 0.354 e. The number of nitrogens with one attached hydrogen (secondary N) is 1. The Hall–Kier alpha value is -1.69. The van der Waals surface area contributed by atoms with Gasteiger partial charge in [-0.2, -0.15) is 0 Å². The van der Waals surface area contributed by atoms with Crippen molar-refractivity contribution in [2.24, 2.45) is 0 Å². The van der Waals surface area contributed by atoms with E-state index in [0.717, 1.165) is 19.3 Å². The second-order valence-electron chi connectivity index (χ2n) is 4.88. The Morgan fingerprint density at radius 1 is 1.53 bits per heavy atom. The van der Waals surface area contributed by atoms with Crippen LogP contribution in [-0.4, -0.2) is 39.8 Å².